The van der Waals surface area contributed by atoms with Gasteiger partial charge in [0.05, 0.1) is 22.5 Å². The topological polar surface area (TPSA) is 56.3 Å². The molecule has 0 radical (unpaired) electrons. The maximum Gasteiger partial charge on any atom is 0.209 e. The molecule has 0 fully saturated rings. The molecule has 118 valence electrons. The van der Waals surface area contributed by atoms with Crippen LogP contribution in [0.1, 0.15) is 0 Å². The summed E-state index contributed by atoms with van der Waals surface area (Å²) in [4.78, 5) is 4.20. The zero-order valence-electron chi connectivity index (χ0n) is 12.0. The van der Waals surface area contributed by atoms with Crippen LogP contribution in [0.3, 0.4) is 0 Å². The van der Waals surface area contributed by atoms with Crippen molar-refractivity contribution in [2.24, 2.45) is 0 Å². The summed E-state index contributed by atoms with van der Waals surface area (Å²) in [5, 5.41) is 1.15. The highest BCUT2D eigenvalue weighted by Gasteiger charge is 2.23. The molecule has 0 saturated carbocycles. The third-order valence-electron chi connectivity index (χ3n) is 3.37. The number of halogens is 2. The van der Waals surface area contributed by atoms with E-state index in [-0.39, 0.29) is 14.8 Å². The van der Waals surface area contributed by atoms with Crippen LogP contribution < -0.4 is 4.74 Å². The van der Waals surface area contributed by atoms with E-state index < -0.39 is 9.84 Å². The van der Waals surface area contributed by atoms with Crippen LogP contribution in [0.25, 0.3) is 10.9 Å². The van der Waals surface area contributed by atoms with Gasteiger partial charge in [-0.2, -0.15) is 0 Å². The Labute approximate surface area is 143 Å². The molecule has 3 aromatic rings. The summed E-state index contributed by atoms with van der Waals surface area (Å²) in [6, 6.07) is 11.1. The number of rotatable bonds is 3. The van der Waals surface area contributed by atoms with E-state index in [0.29, 0.717) is 21.7 Å². The molecule has 0 aliphatic heterocycles. The van der Waals surface area contributed by atoms with Crippen molar-refractivity contribution in [2.45, 2.75) is 9.79 Å². The average Bonchev–Trinajstić information content (AvgIpc) is 2.54. The Balaban J connectivity index is 2.22. The summed E-state index contributed by atoms with van der Waals surface area (Å²) >= 11 is 12.2. The lowest BCUT2D eigenvalue weighted by atomic mass is 10.2. The highest BCUT2D eigenvalue weighted by Crippen LogP contribution is 2.34. The second-order valence-electron chi connectivity index (χ2n) is 4.78. The van der Waals surface area contributed by atoms with Crippen LogP contribution in [0.4, 0.5) is 0 Å². The van der Waals surface area contributed by atoms with Gasteiger partial charge in [0.25, 0.3) is 0 Å². The molecular formula is C16H11Cl2NO3S. The predicted octanol–water partition coefficient (Wildman–Crippen LogP) is 4.38. The minimum absolute atomic E-state index is 0.0535. The fourth-order valence-electron chi connectivity index (χ4n) is 2.20. The van der Waals surface area contributed by atoms with Crippen LogP contribution in [0.5, 0.6) is 5.75 Å². The molecule has 0 spiro atoms. The van der Waals surface area contributed by atoms with E-state index in [9.17, 15) is 8.42 Å². The molecule has 0 unspecified atom stereocenters. The van der Waals surface area contributed by atoms with Crippen molar-refractivity contribution in [2.75, 3.05) is 7.11 Å². The summed E-state index contributed by atoms with van der Waals surface area (Å²) in [6.45, 7) is 0. The van der Waals surface area contributed by atoms with Gasteiger partial charge in [-0.05, 0) is 36.4 Å². The smallest absolute Gasteiger partial charge is 0.209 e. The third-order valence-corrected chi connectivity index (χ3v) is 5.89. The van der Waals surface area contributed by atoms with Gasteiger partial charge in [-0.15, -0.1) is 0 Å². The van der Waals surface area contributed by atoms with Gasteiger partial charge in [0.1, 0.15) is 10.6 Å². The minimum Gasteiger partial charge on any atom is -0.497 e. The SMILES string of the molecule is COc1cccc(S(=O)(=O)c2cnc3cc(Cl)ccc3c2Cl)c1. The molecule has 0 atom stereocenters. The van der Waals surface area contributed by atoms with Crippen LogP contribution in [0, 0.1) is 0 Å². The zero-order chi connectivity index (χ0) is 16.6. The normalized spacial score (nSPS) is 11.6. The molecule has 7 heteroatoms. The Hall–Kier alpha value is -1.82. The van der Waals surface area contributed by atoms with Gasteiger partial charge < -0.3 is 4.74 Å². The van der Waals surface area contributed by atoms with Gasteiger partial charge in [-0.25, -0.2) is 8.42 Å². The molecule has 1 heterocycles. The predicted molar refractivity (Wildman–Crippen MR) is 90.2 cm³/mol. The number of fused-ring (bicyclic) bond motifs is 1. The van der Waals surface area contributed by atoms with Crippen molar-refractivity contribution in [1.29, 1.82) is 0 Å². The lowest BCUT2D eigenvalue weighted by molar-refractivity contribution is 0.413. The standard InChI is InChI=1S/C16H11Cl2NO3S/c1-22-11-3-2-4-12(8-11)23(20,21)15-9-19-14-7-10(17)5-6-13(14)16(15)18/h2-9H,1H3. The van der Waals surface area contributed by atoms with E-state index in [2.05, 4.69) is 4.98 Å². The zero-order valence-corrected chi connectivity index (χ0v) is 14.3. The Bertz CT molecular complexity index is 1000. The Morgan fingerprint density at radius 2 is 1.87 bits per heavy atom. The maximum absolute atomic E-state index is 12.8. The van der Waals surface area contributed by atoms with Crippen LogP contribution in [-0.4, -0.2) is 20.5 Å². The quantitative estimate of drug-likeness (QED) is 0.688. The summed E-state index contributed by atoms with van der Waals surface area (Å²) in [5.41, 5.74) is 0.534. The summed E-state index contributed by atoms with van der Waals surface area (Å²) < 4.78 is 30.7. The lowest BCUT2D eigenvalue weighted by Gasteiger charge is -2.10. The van der Waals surface area contributed by atoms with Crippen molar-refractivity contribution in [3.05, 3.63) is 58.7 Å². The minimum atomic E-state index is -3.81. The van der Waals surface area contributed by atoms with Gasteiger partial charge in [0, 0.05) is 16.6 Å². The second-order valence-corrected chi connectivity index (χ2v) is 7.51. The first kappa shape index (κ1) is 16.1. The number of ether oxygens (including phenoxy) is 1. The number of hydrogen-bond acceptors (Lipinski definition) is 4. The molecule has 0 bridgehead atoms. The molecule has 2 aromatic carbocycles. The first-order chi connectivity index (χ1) is 10.9. The van der Waals surface area contributed by atoms with Gasteiger partial charge in [0.2, 0.25) is 9.84 Å². The van der Waals surface area contributed by atoms with E-state index in [1.165, 1.54) is 25.4 Å². The first-order valence-corrected chi connectivity index (χ1v) is 8.80. The van der Waals surface area contributed by atoms with Crippen LogP contribution >= 0.6 is 23.2 Å². The van der Waals surface area contributed by atoms with E-state index in [1.54, 1.807) is 30.3 Å². The maximum atomic E-state index is 12.8. The number of methoxy groups -OCH3 is 1. The Morgan fingerprint density at radius 3 is 2.61 bits per heavy atom. The van der Waals surface area contributed by atoms with Gasteiger partial charge in [-0.1, -0.05) is 29.3 Å². The van der Waals surface area contributed by atoms with Gasteiger partial charge in [-0.3, -0.25) is 4.98 Å². The molecule has 0 saturated heterocycles. The summed E-state index contributed by atoms with van der Waals surface area (Å²) in [6.07, 6.45) is 1.25. The number of nitrogens with zero attached hydrogens (tertiary/aromatic N) is 1. The first-order valence-electron chi connectivity index (χ1n) is 6.56. The van der Waals surface area contributed by atoms with Crippen molar-refractivity contribution in [1.82, 2.24) is 4.98 Å². The Kier molecular flexibility index (Phi) is 4.19. The second kappa shape index (κ2) is 6.00. The summed E-state index contributed by atoms with van der Waals surface area (Å²) in [5.74, 6) is 0.447. The third kappa shape index (κ3) is 2.87. The van der Waals surface area contributed by atoms with Crippen LogP contribution in [0.15, 0.2) is 58.5 Å². The van der Waals surface area contributed by atoms with E-state index >= 15 is 0 Å². The number of pyridine rings is 1. The number of aromatic nitrogens is 1. The summed E-state index contributed by atoms with van der Waals surface area (Å²) in [7, 11) is -2.34. The van der Waals surface area contributed by atoms with Gasteiger partial charge >= 0.3 is 0 Å². The molecule has 0 aliphatic carbocycles. The van der Waals surface area contributed by atoms with Crippen LogP contribution in [0.2, 0.25) is 10.0 Å². The highest BCUT2D eigenvalue weighted by atomic mass is 35.5. The van der Waals surface area contributed by atoms with Gasteiger partial charge in [0.15, 0.2) is 0 Å². The number of sulfone groups is 1. The molecule has 0 amide bonds. The molecule has 0 N–H and O–H groups in total. The molecule has 1 aromatic heterocycles. The monoisotopic (exact) mass is 367 g/mol. The average molecular weight is 368 g/mol. The molecule has 0 aliphatic rings. The number of benzene rings is 2. The van der Waals surface area contributed by atoms with Crippen molar-refractivity contribution in [3.8, 4) is 5.75 Å². The fraction of sp³-hybridized carbons (Fsp3) is 0.0625. The van der Waals surface area contributed by atoms with Crippen molar-refractivity contribution in [3.63, 3.8) is 0 Å². The van der Waals surface area contributed by atoms with Crippen LogP contribution in [-0.2, 0) is 9.84 Å². The fourth-order valence-corrected chi connectivity index (χ4v) is 4.20. The van der Waals surface area contributed by atoms with E-state index in [4.69, 9.17) is 27.9 Å². The Morgan fingerprint density at radius 1 is 1.09 bits per heavy atom. The molecule has 4 nitrogen and oxygen atoms in total. The molecular weight excluding hydrogens is 357 g/mol. The lowest BCUT2D eigenvalue weighted by Crippen LogP contribution is -2.04. The van der Waals surface area contributed by atoms with E-state index in [0.717, 1.165) is 0 Å². The largest absolute Gasteiger partial charge is 0.497 e. The van der Waals surface area contributed by atoms with Crippen molar-refractivity contribution < 1.29 is 13.2 Å². The molecule has 3 rings (SSSR count). The van der Waals surface area contributed by atoms with E-state index in [1.807, 2.05) is 0 Å². The molecule has 23 heavy (non-hydrogen) atoms. The number of hydrogen-bond donors (Lipinski definition) is 0. The van der Waals surface area contributed by atoms with Crippen molar-refractivity contribution >= 4 is 43.9 Å². The highest BCUT2D eigenvalue weighted by molar-refractivity contribution is 7.91.